The van der Waals surface area contributed by atoms with Gasteiger partial charge in [0.05, 0.1) is 0 Å². The predicted molar refractivity (Wildman–Crippen MR) is 101 cm³/mol. The van der Waals surface area contributed by atoms with Crippen LogP contribution in [0.1, 0.15) is 52.4 Å². The zero-order valence-corrected chi connectivity index (χ0v) is 14.8. The molecular formula is C22H36. The minimum Gasteiger partial charge on any atom is -0.103 e. The number of hydrogen-bond donors (Lipinski definition) is 0. The van der Waals surface area contributed by atoms with Crippen molar-refractivity contribution in [3.8, 4) is 0 Å². The molecule has 0 saturated heterocycles. The van der Waals surface area contributed by atoms with E-state index < -0.39 is 0 Å². The van der Waals surface area contributed by atoms with Crippen LogP contribution < -0.4 is 0 Å². The molecule has 2 saturated carbocycles. The second-order valence-electron chi connectivity index (χ2n) is 7.07. The highest BCUT2D eigenvalue weighted by atomic mass is 14.3. The van der Waals surface area contributed by atoms with Crippen LogP contribution in [0.2, 0.25) is 0 Å². The summed E-state index contributed by atoms with van der Waals surface area (Å²) in [5, 5.41) is 0. The zero-order chi connectivity index (χ0) is 16.5. The van der Waals surface area contributed by atoms with Gasteiger partial charge in [0.2, 0.25) is 0 Å². The Morgan fingerprint density at radius 3 is 1.18 bits per heavy atom. The van der Waals surface area contributed by atoms with E-state index in [2.05, 4.69) is 64.5 Å². The molecule has 2 aliphatic carbocycles. The largest absolute Gasteiger partial charge is 0.103 e. The zero-order valence-electron chi connectivity index (χ0n) is 14.8. The van der Waals surface area contributed by atoms with Crippen molar-refractivity contribution in [3.63, 3.8) is 0 Å². The van der Waals surface area contributed by atoms with Gasteiger partial charge in [-0.25, -0.2) is 0 Å². The molecule has 0 amide bonds. The highest BCUT2D eigenvalue weighted by Gasteiger charge is 2.29. The van der Waals surface area contributed by atoms with Crippen LogP contribution in [0.5, 0.6) is 0 Å². The van der Waals surface area contributed by atoms with Crippen molar-refractivity contribution in [2.75, 3.05) is 0 Å². The first-order valence-corrected chi connectivity index (χ1v) is 9.13. The second-order valence-corrected chi connectivity index (χ2v) is 7.07. The molecule has 0 nitrogen and oxygen atoms in total. The lowest BCUT2D eigenvalue weighted by Gasteiger charge is -2.11. The van der Waals surface area contributed by atoms with Gasteiger partial charge in [0.15, 0.2) is 0 Å². The third-order valence-electron chi connectivity index (χ3n) is 5.89. The van der Waals surface area contributed by atoms with Crippen molar-refractivity contribution in [1.82, 2.24) is 0 Å². The Hall–Kier alpha value is -1.04. The van der Waals surface area contributed by atoms with Crippen molar-refractivity contribution < 1.29 is 0 Å². The lowest BCUT2D eigenvalue weighted by Crippen LogP contribution is -2.02. The Kier molecular flexibility index (Phi) is 8.53. The minimum atomic E-state index is 0.753. The fourth-order valence-electron chi connectivity index (χ4n) is 4.30. The monoisotopic (exact) mass is 300 g/mol. The molecule has 2 fully saturated rings. The second kappa shape index (κ2) is 9.87. The quantitative estimate of drug-likeness (QED) is 0.472. The number of allylic oxidation sites excluding steroid dienone is 4. The van der Waals surface area contributed by atoms with Crippen LogP contribution in [0.25, 0.3) is 0 Å². The van der Waals surface area contributed by atoms with Crippen LogP contribution in [-0.4, -0.2) is 0 Å². The summed E-state index contributed by atoms with van der Waals surface area (Å²) in [4.78, 5) is 0. The molecule has 2 aliphatic rings. The summed E-state index contributed by atoms with van der Waals surface area (Å²) in [6.45, 7) is 20.0. The molecule has 124 valence electrons. The van der Waals surface area contributed by atoms with E-state index in [0.29, 0.717) is 0 Å². The highest BCUT2D eigenvalue weighted by Crippen LogP contribution is 2.40. The first kappa shape index (κ1) is 19.0. The summed E-state index contributed by atoms with van der Waals surface area (Å²) < 4.78 is 0. The summed E-state index contributed by atoms with van der Waals surface area (Å²) in [6.07, 6.45) is 16.3. The van der Waals surface area contributed by atoms with Crippen molar-refractivity contribution in [3.05, 3.63) is 50.6 Å². The molecule has 6 atom stereocenters. The first-order valence-electron chi connectivity index (χ1n) is 9.13. The van der Waals surface area contributed by atoms with Crippen molar-refractivity contribution in [2.45, 2.75) is 52.4 Å². The number of rotatable bonds is 6. The van der Waals surface area contributed by atoms with Gasteiger partial charge in [-0.3, -0.25) is 0 Å². The Morgan fingerprint density at radius 1 is 0.636 bits per heavy atom. The SMILES string of the molecule is C=CC1CC(C=C)C(CC)C1.C=CC1CC(C=C)C(CC)C1. The van der Waals surface area contributed by atoms with Gasteiger partial charge in [-0.05, 0) is 61.2 Å². The van der Waals surface area contributed by atoms with Crippen LogP contribution in [0.4, 0.5) is 0 Å². The van der Waals surface area contributed by atoms with E-state index in [1.165, 1.54) is 38.5 Å². The molecule has 0 aliphatic heterocycles. The van der Waals surface area contributed by atoms with Crippen molar-refractivity contribution in [1.29, 1.82) is 0 Å². The summed E-state index contributed by atoms with van der Waals surface area (Å²) in [7, 11) is 0. The topological polar surface area (TPSA) is 0 Å². The van der Waals surface area contributed by atoms with E-state index in [1.807, 2.05) is 0 Å². The summed E-state index contributed by atoms with van der Waals surface area (Å²) in [5.41, 5.74) is 0. The van der Waals surface area contributed by atoms with Gasteiger partial charge in [0, 0.05) is 0 Å². The Morgan fingerprint density at radius 2 is 1.00 bits per heavy atom. The van der Waals surface area contributed by atoms with E-state index in [9.17, 15) is 0 Å². The van der Waals surface area contributed by atoms with E-state index in [-0.39, 0.29) is 0 Å². The van der Waals surface area contributed by atoms with Gasteiger partial charge in [-0.15, -0.1) is 26.3 Å². The van der Waals surface area contributed by atoms with Crippen LogP contribution in [0.3, 0.4) is 0 Å². The Bertz CT molecular complexity index is 328. The molecule has 2 rings (SSSR count). The molecule has 6 unspecified atom stereocenters. The summed E-state index contributed by atoms with van der Waals surface area (Å²) in [6, 6.07) is 0. The van der Waals surface area contributed by atoms with Gasteiger partial charge in [0.1, 0.15) is 0 Å². The molecule has 0 bridgehead atoms. The van der Waals surface area contributed by atoms with Gasteiger partial charge >= 0.3 is 0 Å². The summed E-state index contributed by atoms with van der Waals surface area (Å²) in [5.74, 6) is 4.75. The Labute approximate surface area is 139 Å². The molecule has 0 spiro atoms. The first-order chi connectivity index (χ1) is 10.6. The van der Waals surface area contributed by atoms with Gasteiger partial charge in [-0.2, -0.15) is 0 Å². The van der Waals surface area contributed by atoms with E-state index in [0.717, 1.165) is 35.5 Å². The van der Waals surface area contributed by atoms with Crippen LogP contribution >= 0.6 is 0 Å². The third-order valence-corrected chi connectivity index (χ3v) is 5.89. The molecule has 22 heavy (non-hydrogen) atoms. The molecule has 0 aromatic carbocycles. The molecule has 0 heteroatoms. The van der Waals surface area contributed by atoms with Crippen molar-refractivity contribution in [2.24, 2.45) is 35.5 Å². The average Bonchev–Trinajstić information content (AvgIpc) is 3.17. The highest BCUT2D eigenvalue weighted by molar-refractivity contribution is 4.98. The van der Waals surface area contributed by atoms with Crippen LogP contribution in [-0.2, 0) is 0 Å². The summed E-state index contributed by atoms with van der Waals surface area (Å²) >= 11 is 0. The molecule has 0 aromatic rings. The van der Waals surface area contributed by atoms with Crippen LogP contribution in [0.15, 0.2) is 50.6 Å². The van der Waals surface area contributed by atoms with Gasteiger partial charge in [-0.1, -0.05) is 51.0 Å². The van der Waals surface area contributed by atoms with E-state index >= 15 is 0 Å². The minimum absolute atomic E-state index is 0.753. The predicted octanol–water partition coefficient (Wildman–Crippen LogP) is 6.82. The Balaban J connectivity index is 0.000000220. The smallest absolute Gasteiger partial charge is 0.0202 e. The van der Waals surface area contributed by atoms with E-state index in [1.54, 1.807) is 0 Å². The lowest BCUT2D eigenvalue weighted by atomic mass is 9.94. The van der Waals surface area contributed by atoms with Crippen molar-refractivity contribution >= 4 is 0 Å². The maximum absolute atomic E-state index is 3.88. The van der Waals surface area contributed by atoms with Gasteiger partial charge < -0.3 is 0 Å². The van der Waals surface area contributed by atoms with Crippen LogP contribution in [0, 0.1) is 35.5 Å². The maximum atomic E-state index is 3.88. The van der Waals surface area contributed by atoms with E-state index in [4.69, 9.17) is 0 Å². The normalized spacial score (nSPS) is 37.0. The molecular weight excluding hydrogens is 264 g/mol. The molecule has 0 N–H and O–H groups in total. The number of hydrogen-bond acceptors (Lipinski definition) is 0. The third kappa shape index (κ3) is 5.00. The lowest BCUT2D eigenvalue weighted by molar-refractivity contribution is 0.443. The standard InChI is InChI=1S/2C11H18/c2*1-4-9-7-10(5-2)11(6-3)8-9/h2*4-5,9-11H,1-2,6-8H2,3H3. The molecule has 0 radical (unpaired) electrons. The van der Waals surface area contributed by atoms with Gasteiger partial charge in [0.25, 0.3) is 0 Å². The fourth-order valence-corrected chi connectivity index (χ4v) is 4.30. The average molecular weight is 301 g/mol. The fraction of sp³-hybridized carbons (Fsp3) is 0.636. The molecule has 0 aromatic heterocycles. The molecule has 0 heterocycles. The maximum Gasteiger partial charge on any atom is -0.0202 e.